The Morgan fingerprint density at radius 3 is 2.59 bits per heavy atom. The first kappa shape index (κ1) is 16.1. The Kier molecular flexibility index (Phi) is 3.56. The van der Waals surface area contributed by atoms with E-state index in [1.807, 2.05) is 0 Å². The van der Waals surface area contributed by atoms with Gasteiger partial charge in [0.05, 0.1) is 5.75 Å². The van der Waals surface area contributed by atoms with Gasteiger partial charge in [0.25, 0.3) is 5.92 Å². The smallest absolute Gasteiger partial charge is 0.325 e. The van der Waals surface area contributed by atoms with Crippen molar-refractivity contribution in [2.24, 2.45) is 17.8 Å². The van der Waals surface area contributed by atoms with E-state index in [1.54, 1.807) is 6.92 Å². The topological polar surface area (TPSA) is 74.7 Å². The van der Waals surface area contributed by atoms with Crippen LogP contribution in [0.25, 0.3) is 0 Å². The van der Waals surface area contributed by atoms with Crippen LogP contribution in [0, 0.1) is 17.8 Å². The zero-order chi connectivity index (χ0) is 16.3. The highest BCUT2D eigenvalue weighted by Gasteiger charge is 2.70. The van der Waals surface area contributed by atoms with Crippen molar-refractivity contribution >= 4 is 16.0 Å². The molecule has 0 spiro atoms. The van der Waals surface area contributed by atoms with Crippen LogP contribution in [0.1, 0.15) is 39.0 Å². The number of carboxylic acid groups (broad SMARTS) is 1. The lowest BCUT2D eigenvalue weighted by atomic mass is 9.64. The first-order valence-corrected chi connectivity index (χ1v) is 9.34. The summed E-state index contributed by atoms with van der Waals surface area (Å²) in [5.41, 5.74) is -1.41. The normalized spacial score (nSPS) is 41.1. The maximum Gasteiger partial charge on any atom is 0.325 e. The van der Waals surface area contributed by atoms with Crippen LogP contribution in [0.4, 0.5) is 8.78 Å². The van der Waals surface area contributed by atoms with Gasteiger partial charge in [-0.2, -0.15) is 4.31 Å². The van der Waals surface area contributed by atoms with Crippen LogP contribution in [0.2, 0.25) is 0 Å². The summed E-state index contributed by atoms with van der Waals surface area (Å²) < 4.78 is 54.1. The molecule has 4 aliphatic rings. The van der Waals surface area contributed by atoms with Crippen molar-refractivity contribution in [3.63, 3.8) is 0 Å². The number of halogens is 2. The predicted molar refractivity (Wildman–Crippen MR) is 75.0 cm³/mol. The van der Waals surface area contributed by atoms with Crippen LogP contribution in [0.15, 0.2) is 0 Å². The number of alkyl halides is 2. The highest BCUT2D eigenvalue weighted by molar-refractivity contribution is 7.89. The summed E-state index contributed by atoms with van der Waals surface area (Å²) in [6.45, 7) is 1.88. The minimum absolute atomic E-state index is 0.0257. The lowest BCUT2D eigenvalue weighted by Gasteiger charge is -2.44. The Labute approximate surface area is 128 Å². The summed E-state index contributed by atoms with van der Waals surface area (Å²) in [5, 5.41) is 9.47. The summed E-state index contributed by atoms with van der Waals surface area (Å²) in [5.74, 6) is -6.22. The highest BCUT2D eigenvalue weighted by atomic mass is 32.2. The first-order chi connectivity index (χ1) is 10.1. The van der Waals surface area contributed by atoms with Crippen LogP contribution < -0.4 is 0 Å². The SMILES string of the molecule is C[C@@H]1[C@@H]2CN(S(=O)(=O)CC3CCCCC3(F)F)[C@@]1(C(=O)O)C2. The molecule has 0 amide bonds. The van der Waals surface area contributed by atoms with Gasteiger partial charge in [0, 0.05) is 18.9 Å². The number of rotatable bonds is 4. The zero-order valence-electron chi connectivity index (χ0n) is 12.5. The molecular formula is C14H21F2NO4S. The van der Waals surface area contributed by atoms with Crippen LogP contribution in [-0.2, 0) is 14.8 Å². The number of fused-ring (bicyclic) bond motifs is 1. The van der Waals surface area contributed by atoms with Gasteiger partial charge in [0.15, 0.2) is 0 Å². The third-order valence-corrected chi connectivity index (χ3v) is 7.88. The van der Waals surface area contributed by atoms with E-state index in [1.165, 1.54) is 0 Å². The molecule has 0 radical (unpaired) electrons. The van der Waals surface area contributed by atoms with Crippen LogP contribution in [0.3, 0.4) is 0 Å². The standard InChI is InChI=1S/C14H21F2NO4S/c1-9-10-6-13(9,12(18)19)17(7-10)22(20,21)8-11-4-2-3-5-14(11,15)16/h9-11H,2-8H2,1H3,(H,18,19)/t9-,10+,11?,13+/m1/s1. The van der Waals surface area contributed by atoms with Gasteiger partial charge in [-0.1, -0.05) is 13.3 Å². The molecule has 4 atom stereocenters. The number of carbonyl (C=O) groups is 1. The van der Waals surface area contributed by atoms with Crippen LogP contribution in [-0.4, -0.2) is 47.6 Å². The Morgan fingerprint density at radius 2 is 2.05 bits per heavy atom. The van der Waals surface area contributed by atoms with E-state index in [0.717, 1.165) is 4.31 Å². The van der Waals surface area contributed by atoms with Crippen molar-refractivity contribution in [1.82, 2.24) is 4.31 Å². The molecule has 2 aliphatic heterocycles. The fourth-order valence-electron chi connectivity index (χ4n) is 4.39. The molecule has 0 aromatic heterocycles. The van der Waals surface area contributed by atoms with E-state index in [-0.39, 0.29) is 31.2 Å². The molecule has 2 heterocycles. The van der Waals surface area contributed by atoms with Crippen molar-refractivity contribution in [2.75, 3.05) is 12.3 Å². The molecular weight excluding hydrogens is 316 g/mol. The Hall–Kier alpha value is -0.760. The fourth-order valence-corrected chi connectivity index (χ4v) is 6.72. The van der Waals surface area contributed by atoms with E-state index in [4.69, 9.17) is 0 Å². The maximum atomic E-state index is 13.9. The number of hydrogen-bond acceptors (Lipinski definition) is 3. The minimum atomic E-state index is -4.00. The maximum absolute atomic E-state index is 13.9. The Bertz CT molecular complexity index is 594. The minimum Gasteiger partial charge on any atom is -0.480 e. The second-order valence-corrected chi connectivity index (χ2v) is 8.93. The monoisotopic (exact) mass is 337 g/mol. The van der Waals surface area contributed by atoms with Crippen molar-refractivity contribution in [1.29, 1.82) is 0 Å². The highest BCUT2D eigenvalue weighted by Crippen LogP contribution is 2.56. The van der Waals surface area contributed by atoms with E-state index in [9.17, 15) is 27.1 Å². The molecule has 4 fully saturated rings. The van der Waals surface area contributed by atoms with Crippen molar-refractivity contribution in [3.05, 3.63) is 0 Å². The second-order valence-electron chi connectivity index (χ2n) is 7.00. The largest absolute Gasteiger partial charge is 0.480 e. The van der Waals surface area contributed by atoms with Gasteiger partial charge in [-0.05, 0) is 31.1 Å². The van der Waals surface area contributed by atoms with Gasteiger partial charge in [0.2, 0.25) is 10.0 Å². The van der Waals surface area contributed by atoms with E-state index in [2.05, 4.69) is 0 Å². The lowest BCUT2D eigenvalue weighted by molar-refractivity contribution is -0.154. The second kappa shape index (κ2) is 4.87. The average Bonchev–Trinajstić information content (AvgIpc) is 2.95. The molecule has 0 aromatic carbocycles. The molecule has 1 N–H and O–H groups in total. The molecule has 0 aromatic rings. The van der Waals surface area contributed by atoms with Gasteiger partial charge in [-0.15, -0.1) is 0 Å². The van der Waals surface area contributed by atoms with Crippen LogP contribution >= 0.6 is 0 Å². The third kappa shape index (κ3) is 2.10. The summed E-state index contributed by atoms with van der Waals surface area (Å²) >= 11 is 0. The molecule has 5 nitrogen and oxygen atoms in total. The molecule has 2 saturated carbocycles. The van der Waals surface area contributed by atoms with Crippen molar-refractivity contribution in [3.8, 4) is 0 Å². The van der Waals surface area contributed by atoms with E-state index < -0.39 is 39.1 Å². The summed E-state index contributed by atoms with van der Waals surface area (Å²) in [6.07, 6.45) is 1.20. The van der Waals surface area contributed by atoms with Gasteiger partial charge in [-0.3, -0.25) is 4.79 Å². The molecule has 4 rings (SSSR count). The third-order valence-electron chi connectivity index (χ3n) is 5.91. The van der Waals surface area contributed by atoms with E-state index in [0.29, 0.717) is 19.3 Å². The zero-order valence-corrected chi connectivity index (χ0v) is 13.3. The number of carboxylic acids is 1. The molecule has 8 heteroatoms. The number of sulfonamides is 1. The quantitative estimate of drug-likeness (QED) is 0.851. The first-order valence-electron chi connectivity index (χ1n) is 7.73. The summed E-state index contributed by atoms with van der Waals surface area (Å²) in [7, 11) is -4.00. The molecule has 2 aliphatic carbocycles. The predicted octanol–water partition coefficient (Wildman–Crippen LogP) is 1.94. The lowest BCUT2D eigenvalue weighted by Crippen LogP contribution is -2.60. The molecule has 1 unspecified atom stereocenters. The van der Waals surface area contributed by atoms with Crippen molar-refractivity contribution in [2.45, 2.75) is 50.5 Å². The molecule has 2 saturated heterocycles. The number of nitrogens with zero attached hydrogens (tertiary/aromatic N) is 1. The molecule has 2 bridgehead atoms. The van der Waals surface area contributed by atoms with Gasteiger partial charge < -0.3 is 5.11 Å². The summed E-state index contributed by atoms with van der Waals surface area (Å²) in [6, 6.07) is 0. The van der Waals surface area contributed by atoms with Gasteiger partial charge in [0.1, 0.15) is 5.54 Å². The number of aliphatic carboxylic acids is 1. The Balaban J connectivity index is 1.83. The van der Waals surface area contributed by atoms with Gasteiger partial charge in [-0.25, -0.2) is 17.2 Å². The average molecular weight is 337 g/mol. The van der Waals surface area contributed by atoms with Gasteiger partial charge >= 0.3 is 5.97 Å². The molecule has 126 valence electrons. The molecule has 22 heavy (non-hydrogen) atoms. The van der Waals surface area contributed by atoms with E-state index >= 15 is 0 Å². The fraction of sp³-hybridized carbons (Fsp3) is 0.929. The van der Waals surface area contributed by atoms with Crippen molar-refractivity contribution < 1.29 is 27.1 Å². The van der Waals surface area contributed by atoms with Crippen LogP contribution in [0.5, 0.6) is 0 Å². The Morgan fingerprint density at radius 1 is 1.36 bits per heavy atom. The summed E-state index contributed by atoms with van der Waals surface area (Å²) in [4.78, 5) is 11.6. The number of hydrogen-bond donors (Lipinski definition) is 1.